The molecule has 1 fully saturated rings. The van der Waals surface area contributed by atoms with Gasteiger partial charge in [-0.25, -0.2) is 0 Å². The third-order valence-electron chi connectivity index (χ3n) is 4.24. The van der Waals surface area contributed by atoms with Gasteiger partial charge in [0.1, 0.15) is 0 Å². The standard InChI is InChI=1S/C17H32O3/c1-6-17(4,5)16(18)20-15(12-13(2)3)19-14-10-8-7-9-11-14/h13-15H,6-12H2,1-5H3. The van der Waals surface area contributed by atoms with E-state index in [1.165, 1.54) is 19.3 Å². The van der Waals surface area contributed by atoms with Crippen LogP contribution in [0.4, 0.5) is 0 Å². The van der Waals surface area contributed by atoms with Crippen LogP contribution < -0.4 is 0 Å². The first-order chi connectivity index (χ1) is 9.35. The first-order valence-corrected chi connectivity index (χ1v) is 8.21. The largest absolute Gasteiger partial charge is 0.435 e. The summed E-state index contributed by atoms with van der Waals surface area (Å²) in [4.78, 5) is 12.2. The summed E-state index contributed by atoms with van der Waals surface area (Å²) in [5.41, 5.74) is -0.425. The van der Waals surface area contributed by atoms with Crippen molar-refractivity contribution in [3.05, 3.63) is 0 Å². The highest BCUT2D eigenvalue weighted by Crippen LogP contribution is 2.27. The predicted octanol–water partition coefficient (Wildman–Crippen LogP) is 4.69. The summed E-state index contributed by atoms with van der Waals surface area (Å²) in [5.74, 6) is 0.322. The van der Waals surface area contributed by atoms with Crippen LogP contribution in [0.5, 0.6) is 0 Å². The summed E-state index contributed by atoms with van der Waals surface area (Å²) < 4.78 is 11.7. The zero-order chi connectivity index (χ0) is 15.2. The Bertz CT molecular complexity index is 291. The Morgan fingerprint density at radius 2 is 1.80 bits per heavy atom. The molecular weight excluding hydrogens is 252 g/mol. The third kappa shape index (κ3) is 5.82. The molecule has 0 amide bonds. The van der Waals surface area contributed by atoms with Gasteiger partial charge in [0.25, 0.3) is 0 Å². The lowest BCUT2D eigenvalue weighted by atomic mass is 9.90. The molecule has 0 spiro atoms. The Morgan fingerprint density at radius 3 is 2.30 bits per heavy atom. The molecule has 118 valence electrons. The molecule has 0 aliphatic heterocycles. The molecule has 1 atom stereocenters. The van der Waals surface area contributed by atoms with Gasteiger partial charge >= 0.3 is 5.97 Å². The first-order valence-electron chi connectivity index (χ1n) is 8.21. The molecule has 3 nitrogen and oxygen atoms in total. The fraction of sp³-hybridized carbons (Fsp3) is 0.941. The smallest absolute Gasteiger partial charge is 0.313 e. The lowest BCUT2D eigenvalue weighted by Crippen LogP contribution is -2.34. The van der Waals surface area contributed by atoms with E-state index in [-0.39, 0.29) is 18.4 Å². The van der Waals surface area contributed by atoms with Crippen LogP contribution in [0.25, 0.3) is 0 Å². The van der Waals surface area contributed by atoms with E-state index in [2.05, 4.69) is 13.8 Å². The average Bonchev–Trinajstić information content (AvgIpc) is 2.39. The molecule has 1 rings (SSSR count). The fourth-order valence-corrected chi connectivity index (χ4v) is 2.36. The van der Waals surface area contributed by atoms with Crippen LogP contribution in [0.15, 0.2) is 0 Å². The minimum absolute atomic E-state index is 0.138. The monoisotopic (exact) mass is 284 g/mol. The van der Waals surface area contributed by atoms with Crippen molar-refractivity contribution in [3.8, 4) is 0 Å². The molecule has 1 aliphatic carbocycles. The predicted molar refractivity (Wildman–Crippen MR) is 81.4 cm³/mol. The summed E-state index contributed by atoms with van der Waals surface area (Å²) in [6, 6.07) is 0. The maximum Gasteiger partial charge on any atom is 0.313 e. The van der Waals surface area contributed by atoms with E-state index >= 15 is 0 Å². The Hall–Kier alpha value is -0.570. The van der Waals surface area contributed by atoms with Crippen molar-refractivity contribution in [2.24, 2.45) is 11.3 Å². The first kappa shape index (κ1) is 17.5. The highest BCUT2D eigenvalue weighted by Gasteiger charge is 2.31. The number of ether oxygens (including phenoxy) is 2. The Balaban J connectivity index is 2.56. The van der Waals surface area contributed by atoms with Gasteiger partial charge in [0.05, 0.1) is 11.5 Å². The molecule has 0 radical (unpaired) electrons. The van der Waals surface area contributed by atoms with Gasteiger partial charge in [-0.3, -0.25) is 4.79 Å². The van der Waals surface area contributed by atoms with Crippen molar-refractivity contribution in [3.63, 3.8) is 0 Å². The van der Waals surface area contributed by atoms with Crippen LogP contribution in [-0.4, -0.2) is 18.4 Å². The van der Waals surface area contributed by atoms with Gasteiger partial charge in [-0.2, -0.15) is 0 Å². The van der Waals surface area contributed by atoms with Gasteiger partial charge < -0.3 is 9.47 Å². The van der Waals surface area contributed by atoms with E-state index in [0.29, 0.717) is 5.92 Å². The van der Waals surface area contributed by atoms with Crippen LogP contribution in [0.2, 0.25) is 0 Å². The maximum absolute atomic E-state index is 12.2. The van der Waals surface area contributed by atoms with E-state index < -0.39 is 5.41 Å². The molecule has 0 heterocycles. The molecule has 0 aromatic rings. The van der Waals surface area contributed by atoms with Crippen LogP contribution >= 0.6 is 0 Å². The molecule has 3 heteroatoms. The number of carbonyl (C=O) groups is 1. The molecule has 1 saturated carbocycles. The zero-order valence-corrected chi connectivity index (χ0v) is 13.9. The second-order valence-corrected chi connectivity index (χ2v) is 7.10. The Morgan fingerprint density at radius 1 is 1.20 bits per heavy atom. The van der Waals surface area contributed by atoms with Crippen molar-refractivity contribution >= 4 is 5.97 Å². The molecule has 0 aromatic carbocycles. The highest BCUT2D eigenvalue weighted by molar-refractivity contribution is 5.75. The average molecular weight is 284 g/mol. The third-order valence-corrected chi connectivity index (χ3v) is 4.24. The molecule has 0 bridgehead atoms. The van der Waals surface area contributed by atoms with Crippen LogP contribution in [0, 0.1) is 11.3 Å². The Labute approximate surface area is 124 Å². The quantitative estimate of drug-likeness (QED) is 0.502. The van der Waals surface area contributed by atoms with Gasteiger partial charge in [-0.1, -0.05) is 40.0 Å². The van der Waals surface area contributed by atoms with E-state index in [4.69, 9.17) is 9.47 Å². The molecule has 0 N–H and O–H groups in total. The number of esters is 1. The van der Waals surface area contributed by atoms with Crippen molar-refractivity contribution < 1.29 is 14.3 Å². The van der Waals surface area contributed by atoms with E-state index in [0.717, 1.165) is 25.7 Å². The number of carbonyl (C=O) groups excluding carboxylic acids is 1. The normalized spacial score (nSPS) is 19.1. The van der Waals surface area contributed by atoms with Crippen molar-refractivity contribution in [1.82, 2.24) is 0 Å². The van der Waals surface area contributed by atoms with Gasteiger partial charge in [0.15, 0.2) is 0 Å². The summed E-state index contributed by atoms with van der Waals surface area (Å²) in [5, 5.41) is 0. The molecule has 0 aromatic heterocycles. The molecular formula is C17H32O3. The fourth-order valence-electron chi connectivity index (χ4n) is 2.36. The van der Waals surface area contributed by atoms with Crippen molar-refractivity contribution in [2.75, 3.05) is 0 Å². The highest BCUT2D eigenvalue weighted by atomic mass is 16.7. The minimum Gasteiger partial charge on any atom is -0.435 e. The topological polar surface area (TPSA) is 35.5 Å². The second kappa shape index (κ2) is 8.02. The van der Waals surface area contributed by atoms with Gasteiger partial charge in [0.2, 0.25) is 6.29 Å². The number of rotatable bonds is 7. The molecule has 1 unspecified atom stereocenters. The maximum atomic E-state index is 12.2. The number of hydrogen-bond donors (Lipinski definition) is 0. The van der Waals surface area contributed by atoms with Crippen molar-refractivity contribution in [1.29, 1.82) is 0 Å². The molecule has 20 heavy (non-hydrogen) atoms. The van der Waals surface area contributed by atoms with E-state index in [9.17, 15) is 4.79 Å². The summed E-state index contributed by atoms with van der Waals surface area (Å²) in [7, 11) is 0. The van der Waals surface area contributed by atoms with Crippen LogP contribution in [-0.2, 0) is 14.3 Å². The van der Waals surface area contributed by atoms with Gasteiger partial charge in [-0.15, -0.1) is 0 Å². The van der Waals surface area contributed by atoms with Crippen molar-refractivity contribution in [2.45, 2.75) is 92.0 Å². The van der Waals surface area contributed by atoms with Gasteiger partial charge in [-0.05, 0) is 39.0 Å². The summed E-state index contributed by atoms with van der Waals surface area (Å²) >= 11 is 0. The Kier molecular flexibility index (Phi) is 7.01. The zero-order valence-electron chi connectivity index (χ0n) is 13.9. The molecule has 0 saturated heterocycles. The van der Waals surface area contributed by atoms with Crippen LogP contribution in [0.1, 0.15) is 79.6 Å². The van der Waals surface area contributed by atoms with E-state index in [1.807, 2.05) is 20.8 Å². The van der Waals surface area contributed by atoms with Crippen LogP contribution in [0.3, 0.4) is 0 Å². The lowest BCUT2D eigenvalue weighted by molar-refractivity contribution is -0.205. The number of hydrogen-bond acceptors (Lipinski definition) is 3. The second-order valence-electron chi connectivity index (χ2n) is 7.10. The van der Waals surface area contributed by atoms with Gasteiger partial charge in [0, 0.05) is 6.42 Å². The summed E-state index contributed by atoms with van der Waals surface area (Å²) in [6.07, 6.45) is 7.41. The summed E-state index contributed by atoms with van der Waals surface area (Å²) in [6.45, 7) is 10.2. The van der Waals surface area contributed by atoms with E-state index in [1.54, 1.807) is 0 Å². The SMILES string of the molecule is CCC(C)(C)C(=O)OC(CC(C)C)OC1CCCCC1. The minimum atomic E-state index is -0.425. The molecule has 1 aliphatic rings. The lowest BCUT2D eigenvalue weighted by Gasteiger charge is -2.30.